The fourth-order valence-corrected chi connectivity index (χ4v) is 5.24. The Morgan fingerprint density at radius 1 is 1.22 bits per heavy atom. The smallest absolute Gasteiger partial charge is 0.336 e. The van der Waals surface area contributed by atoms with Crippen LogP contribution in [0.1, 0.15) is 50.4 Å². The number of hydrogen-bond acceptors (Lipinski definition) is 8. The van der Waals surface area contributed by atoms with Gasteiger partial charge in [0.15, 0.2) is 5.78 Å². The lowest BCUT2D eigenvalue weighted by atomic mass is 9.68. The number of furan rings is 1. The third kappa shape index (κ3) is 3.79. The first-order valence-corrected chi connectivity index (χ1v) is 11.6. The van der Waals surface area contributed by atoms with Crippen molar-refractivity contribution in [3.63, 3.8) is 0 Å². The second-order valence-electron chi connectivity index (χ2n) is 7.69. The Labute approximate surface area is 190 Å². The number of nitrogens with one attached hydrogen (secondary N) is 1. The van der Waals surface area contributed by atoms with Gasteiger partial charge >= 0.3 is 11.9 Å². The molecular formula is C24H25NO6S. The number of allylic oxidation sites excluding steroid dienone is 3. The Kier molecular flexibility index (Phi) is 6.32. The van der Waals surface area contributed by atoms with E-state index in [4.69, 9.17) is 13.9 Å². The van der Waals surface area contributed by atoms with Gasteiger partial charge in [0.25, 0.3) is 0 Å². The minimum Gasteiger partial charge on any atom is -0.469 e. The fourth-order valence-electron chi connectivity index (χ4n) is 4.56. The molecule has 0 saturated heterocycles. The summed E-state index contributed by atoms with van der Waals surface area (Å²) in [4.78, 5) is 39.8. The third-order valence-corrected chi connectivity index (χ3v) is 6.54. The van der Waals surface area contributed by atoms with Crippen molar-refractivity contribution >= 4 is 29.1 Å². The SMILES string of the molecule is CCOC(=O)C1=C(C)NC2=C(C(=O)[C@H](C(=O)OCC)[C@H](c3ccco3)C2)[C@@H]1c1ccsc1. The summed E-state index contributed by atoms with van der Waals surface area (Å²) in [5.41, 5.74) is 2.95. The van der Waals surface area contributed by atoms with Crippen molar-refractivity contribution in [3.05, 3.63) is 69.1 Å². The zero-order valence-electron chi connectivity index (χ0n) is 18.2. The molecule has 0 spiro atoms. The van der Waals surface area contributed by atoms with Gasteiger partial charge in [0.1, 0.15) is 11.7 Å². The minimum absolute atomic E-state index is 0.165. The number of ketones is 1. The molecule has 3 atom stereocenters. The number of carbonyl (C=O) groups is 3. The second kappa shape index (κ2) is 9.16. The molecule has 2 aromatic heterocycles. The minimum atomic E-state index is -1.05. The van der Waals surface area contributed by atoms with Crippen LogP contribution in [-0.2, 0) is 23.9 Å². The van der Waals surface area contributed by atoms with E-state index in [2.05, 4.69) is 5.32 Å². The molecule has 3 heterocycles. The first-order chi connectivity index (χ1) is 15.5. The van der Waals surface area contributed by atoms with Gasteiger partial charge in [0, 0.05) is 28.8 Å². The van der Waals surface area contributed by atoms with Gasteiger partial charge in [-0.2, -0.15) is 11.3 Å². The van der Waals surface area contributed by atoms with E-state index in [1.165, 1.54) is 17.6 Å². The van der Waals surface area contributed by atoms with Crippen LogP contribution >= 0.6 is 11.3 Å². The Hall–Kier alpha value is -3.13. The maximum Gasteiger partial charge on any atom is 0.336 e. The molecule has 7 nitrogen and oxygen atoms in total. The van der Waals surface area contributed by atoms with Crippen LogP contribution in [0.25, 0.3) is 0 Å². The van der Waals surface area contributed by atoms with Crippen LogP contribution in [-0.4, -0.2) is 30.9 Å². The maximum absolute atomic E-state index is 13.9. The molecule has 1 aliphatic carbocycles. The summed E-state index contributed by atoms with van der Waals surface area (Å²) in [6.45, 7) is 5.64. The number of rotatable bonds is 6. The molecule has 0 aromatic carbocycles. The molecule has 0 amide bonds. The molecule has 8 heteroatoms. The largest absolute Gasteiger partial charge is 0.469 e. The van der Waals surface area contributed by atoms with Crippen molar-refractivity contribution in [2.75, 3.05) is 13.2 Å². The Morgan fingerprint density at radius 2 is 2.00 bits per heavy atom. The molecule has 32 heavy (non-hydrogen) atoms. The summed E-state index contributed by atoms with van der Waals surface area (Å²) < 4.78 is 16.2. The quantitative estimate of drug-likeness (QED) is 0.519. The van der Waals surface area contributed by atoms with E-state index in [1.807, 2.05) is 16.8 Å². The summed E-state index contributed by atoms with van der Waals surface area (Å²) in [5.74, 6) is -3.03. The summed E-state index contributed by atoms with van der Waals surface area (Å²) in [6.07, 6.45) is 1.91. The van der Waals surface area contributed by atoms with Crippen LogP contribution in [0.15, 0.2) is 62.2 Å². The predicted octanol–water partition coefficient (Wildman–Crippen LogP) is 4.06. The van der Waals surface area contributed by atoms with Crippen molar-refractivity contribution in [2.24, 2.45) is 5.92 Å². The summed E-state index contributed by atoms with van der Waals surface area (Å²) in [7, 11) is 0. The number of carbonyl (C=O) groups excluding carboxylic acids is 3. The standard InChI is InChI=1S/C24H25NO6S/c1-4-29-23(27)18-13(3)25-16-11-15(17-7-6-9-31-17)20(24(28)30-5-2)22(26)21(16)19(18)14-8-10-32-12-14/h6-10,12,15,19-20,25H,4-5,11H2,1-3H3/t15-,19+,20+/m0/s1. The molecule has 0 bridgehead atoms. The van der Waals surface area contributed by atoms with Gasteiger partial charge in [0.2, 0.25) is 0 Å². The highest BCUT2D eigenvalue weighted by Crippen LogP contribution is 2.48. The molecule has 168 valence electrons. The summed E-state index contributed by atoms with van der Waals surface area (Å²) in [5, 5.41) is 7.08. The number of thiophene rings is 1. The zero-order chi connectivity index (χ0) is 22.8. The highest BCUT2D eigenvalue weighted by molar-refractivity contribution is 7.08. The van der Waals surface area contributed by atoms with Crippen molar-refractivity contribution in [1.29, 1.82) is 0 Å². The Balaban J connectivity index is 1.85. The molecule has 0 radical (unpaired) electrons. The topological polar surface area (TPSA) is 94.8 Å². The van der Waals surface area contributed by atoms with E-state index < -0.39 is 29.7 Å². The van der Waals surface area contributed by atoms with E-state index in [0.29, 0.717) is 34.7 Å². The third-order valence-electron chi connectivity index (χ3n) is 5.84. The molecule has 0 saturated carbocycles. The van der Waals surface area contributed by atoms with Crippen LogP contribution in [0.2, 0.25) is 0 Å². The molecule has 1 N–H and O–H groups in total. The highest BCUT2D eigenvalue weighted by atomic mass is 32.1. The normalized spacial score (nSPS) is 23.0. The molecule has 0 unspecified atom stereocenters. The molecule has 2 aromatic rings. The Morgan fingerprint density at radius 3 is 2.62 bits per heavy atom. The van der Waals surface area contributed by atoms with E-state index in [1.54, 1.807) is 32.9 Å². The van der Waals surface area contributed by atoms with Crippen LogP contribution in [0.4, 0.5) is 0 Å². The molecule has 4 rings (SSSR count). The maximum atomic E-state index is 13.9. The molecule has 0 fully saturated rings. The van der Waals surface area contributed by atoms with Gasteiger partial charge in [-0.3, -0.25) is 9.59 Å². The van der Waals surface area contributed by atoms with E-state index in [0.717, 1.165) is 5.56 Å². The molecule has 1 aliphatic heterocycles. The van der Waals surface area contributed by atoms with Crippen molar-refractivity contribution in [1.82, 2.24) is 5.32 Å². The van der Waals surface area contributed by atoms with Gasteiger partial charge in [-0.05, 0) is 61.7 Å². The van der Waals surface area contributed by atoms with E-state index >= 15 is 0 Å². The second-order valence-corrected chi connectivity index (χ2v) is 8.47. The van der Waals surface area contributed by atoms with E-state index in [-0.39, 0.29) is 19.0 Å². The first-order valence-electron chi connectivity index (χ1n) is 10.6. The van der Waals surface area contributed by atoms with Gasteiger partial charge in [-0.15, -0.1) is 0 Å². The van der Waals surface area contributed by atoms with Gasteiger partial charge < -0.3 is 19.2 Å². The zero-order valence-corrected chi connectivity index (χ0v) is 19.0. The van der Waals surface area contributed by atoms with Crippen molar-refractivity contribution in [3.8, 4) is 0 Å². The lowest BCUT2D eigenvalue weighted by Crippen LogP contribution is -2.43. The summed E-state index contributed by atoms with van der Waals surface area (Å²) in [6, 6.07) is 5.39. The van der Waals surface area contributed by atoms with Gasteiger partial charge in [-0.1, -0.05) is 0 Å². The fraction of sp³-hybridized carbons (Fsp3) is 0.375. The Bertz CT molecular complexity index is 1080. The van der Waals surface area contributed by atoms with Gasteiger partial charge in [0.05, 0.1) is 25.1 Å². The van der Waals surface area contributed by atoms with Crippen LogP contribution in [0.3, 0.4) is 0 Å². The van der Waals surface area contributed by atoms with E-state index in [9.17, 15) is 14.4 Å². The molecule has 2 aliphatic rings. The lowest BCUT2D eigenvalue weighted by Gasteiger charge is -2.38. The van der Waals surface area contributed by atoms with Crippen molar-refractivity contribution in [2.45, 2.75) is 39.0 Å². The number of hydrogen-bond donors (Lipinski definition) is 1. The molecular weight excluding hydrogens is 430 g/mol. The number of Topliss-reactive ketones (excluding diaryl/α,β-unsaturated/α-hetero) is 1. The lowest BCUT2D eigenvalue weighted by molar-refractivity contribution is -0.152. The average Bonchev–Trinajstić information content (AvgIpc) is 3.47. The highest BCUT2D eigenvalue weighted by Gasteiger charge is 2.49. The number of esters is 2. The summed E-state index contributed by atoms with van der Waals surface area (Å²) >= 11 is 1.48. The number of ether oxygens (including phenoxy) is 2. The monoisotopic (exact) mass is 455 g/mol. The van der Waals surface area contributed by atoms with Gasteiger partial charge in [-0.25, -0.2) is 4.79 Å². The van der Waals surface area contributed by atoms with Crippen LogP contribution < -0.4 is 5.32 Å². The van der Waals surface area contributed by atoms with Crippen molar-refractivity contribution < 1.29 is 28.3 Å². The first kappa shape index (κ1) is 22.1. The number of dihydropyridines is 1. The van der Waals surface area contributed by atoms with Crippen LogP contribution in [0, 0.1) is 5.92 Å². The predicted molar refractivity (Wildman–Crippen MR) is 118 cm³/mol. The van der Waals surface area contributed by atoms with Crippen LogP contribution in [0.5, 0.6) is 0 Å². The average molecular weight is 456 g/mol.